The minimum Gasteiger partial charge on any atom is -0.497 e. The van der Waals surface area contributed by atoms with Crippen molar-refractivity contribution < 1.29 is 27.8 Å². The van der Waals surface area contributed by atoms with Crippen molar-refractivity contribution in [2.45, 2.75) is 13.1 Å². The quantitative estimate of drug-likeness (QED) is 0.219. The number of halogens is 2. The van der Waals surface area contributed by atoms with Gasteiger partial charge in [0.25, 0.3) is 11.5 Å². The Kier molecular flexibility index (Phi) is 7.93. The molecule has 0 saturated carbocycles. The molecule has 0 radical (unpaired) electrons. The molecule has 0 bridgehead atoms. The lowest BCUT2D eigenvalue weighted by Crippen LogP contribution is -2.38. The van der Waals surface area contributed by atoms with Gasteiger partial charge >= 0.3 is 6.03 Å². The Bertz CT molecular complexity index is 1960. The number of methoxy groups -OCH3 is 1. The summed E-state index contributed by atoms with van der Waals surface area (Å²) >= 11 is 0. The van der Waals surface area contributed by atoms with Gasteiger partial charge in [-0.2, -0.15) is 0 Å². The number of benzene rings is 3. The van der Waals surface area contributed by atoms with Crippen LogP contribution in [-0.4, -0.2) is 33.5 Å². The molecule has 1 aliphatic heterocycles. The number of pyridine rings is 2. The van der Waals surface area contributed by atoms with E-state index in [-0.39, 0.29) is 29.6 Å². The Balaban J connectivity index is 1.17. The number of ether oxygens (including phenoxy) is 2. The molecule has 0 saturated heterocycles. The van der Waals surface area contributed by atoms with Crippen LogP contribution in [0.5, 0.6) is 17.2 Å². The van der Waals surface area contributed by atoms with Crippen LogP contribution in [-0.2, 0) is 13.1 Å². The standard InChI is InChI=1S/C33H25F2N5O5/c1-44-24-11-4-20(5-12-24)18-39-19-26-28(14-15-36-30(26)38-33(39)43)45-29-13-8-22(17-27(29)35)37-31(41)25-3-2-16-40(32(25)42)23-9-6-21(34)7-10-23/h2-17H,18-19H2,1H3,(H,37,41)(H,36,38,43). The minimum atomic E-state index is -0.773. The topological polar surface area (TPSA) is 115 Å². The van der Waals surface area contributed by atoms with Crippen LogP contribution in [0.25, 0.3) is 5.69 Å². The number of fused-ring (bicyclic) bond motifs is 1. The molecule has 0 fully saturated rings. The molecule has 45 heavy (non-hydrogen) atoms. The SMILES string of the molecule is COc1ccc(CN2Cc3c(Oc4ccc(NC(=O)c5cccn(-c6ccc(F)cc6)c5=O)cc4F)ccnc3NC2=O)cc1. The Morgan fingerprint density at radius 2 is 1.76 bits per heavy atom. The van der Waals surface area contributed by atoms with Crippen molar-refractivity contribution in [1.29, 1.82) is 0 Å². The van der Waals surface area contributed by atoms with Crippen molar-refractivity contribution >= 4 is 23.4 Å². The summed E-state index contributed by atoms with van der Waals surface area (Å²) in [7, 11) is 1.57. The van der Waals surface area contributed by atoms with Crippen molar-refractivity contribution in [2.75, 3.05) is 17.7 Å². The number of carbonyl (C=O) groups excluding carboxylic acids is 2. The second kappa shape index (κ2) is 12.3. The summed E-state index contributed by atoms with van der Waals surface area (Å²) in [6.07, 6.45) is 2.90. The van der Waals surface area contributed by atoms with E-state index in [0.29, 0.717) is 35.1 Å². The van der Waals surface area contributed by atoms with Gasteiger partial charge in [-0.15, -0.1) is 0 Å². The van der Waals surface area contributed by atoms with Crippen LogP contribution in [0.1, 0.15) is 21.5 Å². The zero-order valence-electron chi connectivity index (χ0n) is 23.8. The number of rotatable bonds is 8. The highest BCUT2D eigenvalue weighted by molar-refractivity contribution is 6.04. The van der Waals surface area contributed by atoms with Crippen LogP contribution in [0.4, 0.5) is 25.1 Å². The number of amides is 3. The average molecular weight is 610 g/mol. The molecule has 0 aliphatic carbocycles. The molecule has 0 atom stereocenters. The van der Waals surface area contributed by atoms with Crippen molar-refractivity contribution in [3.8, 4) is 22.9 Å². The normalized spacial score (nSPS) is 12.2. The molecule has 2 aromatic heterocycles. The lowest BCUT2D eigenvalue weighted by atomic mass is 10.1. The van der Waals surface area contributed by atoms with Gasteiger partial charge in [-0.05, 0) is 72.3 Å². The maximum absolute atomic E-state index is 15.2. The highest BCUT2D eigenvalue weighted by Crippen LogP contribution is 2.35. The van der Waals surface area contributed by atoms with Gasteiger partial charge < -0.3 is 19.7 Å². The smallest absolute Gasteiger partial charge is 0.323 e. The fourth-order valence-corrected chi connectivity index (χ4v) is 4.80. The summed E-state index contributed by atoms with van der Waals surface area (Å²) in [4.78, 5) is 44.5. The highest BCUT2D eigenvalue weighted by atomic mass is 19.1. The first-order valence-electron chi connectivity index (χ1n) is 13.7. The van der Waals surface area contributed by atoms with E-state index >= 15 is 4.39 Å². The number of hydrogen-bond donors (Lipinski definition) is 2. The predicted octanol–water partition coefficient (Wildman–Crippen LogP) is 6.11. The van der Waals surface area contributed by atoms with Gasteiger partial charge in [0, 0.05) is 36.4 Å². The number of carbonyl (C=O) groups is 2. The molecule has 0 spiro atoms. The third-order valence-corrected chi connectivity index (χ3v) is 7.11. The molecule has 3 aromatic carbocycles. The molecule has 5 aromatic rings. The number of urea groups is 1. The molecule has 10 nitrogen and oxygen atoms in total. The van der Waals surface area contributed by atoms with Gasteiger partial charge in [0.2, 0.25) is 0 Å². The van der Waals surface area contributed by atoms with Crippen molar-refractivity contribution in [3.05, 3.63) is 136 Å². The van der Waals surface area contributed by atoms with Gasteiger partial charge in [-0.3, -0.25) is 19.5 Å². The van der Waals surface area contributed by atoms with E-state index in [1.807, 2.05) is 12.1 Å². The van der Waals surface area contributed by atoms with E-state index in [1.54, 1.807) is 30.2 Å². The van der Waals surface area contributed by atoms with Gasteiger partial charge in [0.15, 0.2) is 11.6 Å². The molecule has 3 heterocycles. The minimum absolute atomic E-state index is 0.0936. The second-order valence-electron chi connectivity index (χ2n) is 10.0. The number of nitrogens with zero attached hydrogens (tertiary/aromatic N) is 3. The van der Waals surface area contributed by atoms with Crippen LogP contribution < -0.4 is 25.7 Å². The van der Waals surface area contributed by atoms with E-state index < -0.39 is 23.1 Å². The molecule has 2 N–H and O–H groups in total. The maximum atomic E-state index is 15.2. The lowest BCUT2D eigenvalue weighted by molar-refractivity contribution is 0.102. The fraction of sp³-hybridized carbons (Fsp3) is 0.0909. The molecule has 3 amide bonds. The summed E-state index contributed by atoms with van der Waals surface area (Å²) in [5.74, 6) is -0.811. The average Bonchev–Trinajstić information content (AvgIpc) is 3.04. The maximum Gasteiger partial charge on any atom is 0.323 e. The number of nitrogens with one attached hydrogen (secondary N) is 2. The van der Waals surface area contributed by atoms with E-state index in [9.17, 15) is 18.8 Å². The molecule has 12 heteroatoms. The molecular formula is C33H25F2N5O5. The Hall–Kier alpha value is -6.04. The summed E-state index contributed by atoms with van der Waals surface area (Å²) < 4.78 is 40.9. The molecule has 0 unspecified atom stereocenters. The zero-order valence-corrected chi connectivity index (χ0v) is 23.8. The van der Waals surface area contributed by atoms with Crippen molar-refractivity contribution in [2.24, 2.45) is 0 Å². The number of aromatic nitrogens is 2. The summed E-state index contributed by atoms with van der Waals surface area (Å²) in [5.41, 5.74) is 1.10. The largest absolute Gasteiger partial charge is 0.497 e. The first-order chi connectivity index (χ1) is 21.8. The Morgan fingerprint density at radius 3 is 2.49 bits per heavy atom. The molecule has 226 valence electrons. The fourth-order valence-electron chi connectivity index (χ4n) is 4.80. The first kappa shape index (κ1) is 29.1. The van der Waals surface area contributed by atoms with Gasteiger partial charge in [-0.25, -0.2) is 18.6 Å². The van der Waals surface area contributed by atoms with Gasteiger partial charge in [0.05, 0.1) is 19.2 Å². The summed E-state index contributed by atoms with van der Waals surface area (Å²) in [5, 5.41) is 5.28. The Labute approximate surface area is 255 Å². The van der Waals surface area contributed by atoms with E-state index in [4.69, 9.17) is 9.47 Å². The lowest BCUT2D eigenvalue weighted by Gasteiger charge is -2.29. The third kappa shape index (κ3) is 6.20. The van der Waals surface area contributed by atoms with Crippen LogP contribution in [0.3, 0.4) is 0 Å². The van der Waals surface area contributed by atoms with Gasteiger partial charge in [-0.1, -0.05) is 12.1 Å². The summed E-state index contributed by atoms with van der Waals surface area (Å²) in [6.45, 7) is 0.474. The highest BCUT2D eigenvalue weighted by Gasteiger charge is 2.27. The van der Waals surface area contributed by atoms with Crippen LogP contribution in [0.15, 0.2) is 102 Å². The van der Waals surface area contributed by atoms with E-state index in [2.05, 4.69) is 15.6 Å². The van der Waals surface area contributed by atoms with E-state index in [1.165, 1.54) is 65.5 Å². The van der Waals surface area contributed by atoms with E-state index in [0.717, 1.165) is 11.6 Å². The molecule has 6 rings (SSSR count). The third-order valence-electron chi connectivity index (χ3n) is 7.11. The zero-order chi connectivity index (χ0) is 31.5. The van der Waals surface area contributed by atoms with Gasteiger partial charge in [0.1, 0.15) is 28.7 Å². The van der Waals surface area contributed by atoms with Crippen LogP contribution in [0.2, 0.25) is 0 Å². The Morgan fingerprint density at radius 1 is 0.978 bits per heavy atom. The molecule has 1 aliphatic rings. The molecular weight excluding hydrogens is 584 g/mol. The monoisotopic (exact) mass is 609 g/mol. The predicted molar refractivity (Wildman–Crippen MR) is 162 cm³/mol. The van der Waals surface area contributed by atoms with Crippen molar-refractivity contribution in [1.82, 2.24) is 14.5 Å². The second-order valence-corrected chi connectivity index (χ2v) is 10.0. The van der Waals surface area contributed by atoms with Crippen LogP contribution >= 0.6 is 0 Å². The number of hydrogen-bond acceptors (Lipinski definition) is 6. The number of anilines is 2. The van der Waals surface area contributed by atoms with Crippen molar-refractivity contribution in [3.63, 3.8) is 0 Å². The van der Waals surface area contributed by atoms with Crippen LogP contribution in [0, 0.1) is 11.6 Å². The first-order valence-corrected chi connectivity index (χ1v) is 13.7. The summed E-state index contributed by atoms with van der Waals surface area (Å²) in [6, 6.07) is 20.5.